The van der Waals surface area contributed by atoms with Gasteiger partial charge in [0, 0.05) is 22.1 Å². The van der Waals surface area contributed by atoms with Crippen molar-refractivity contribution in [3.63, 3.8) is 0 Å². The standard InChI is InChI=1S/C54H36N2/c1-54(40-18-3-2-4-19-40)49-25-12-11-23-45(49)46-29-28-38(33-50(46)54)42-30-31-47(44-22-10-9-21-43(42)44)52-34-51(39-27-26-35-14-5-6-16-37(35)32-39)55-53(56-52)48-24-13-17-36-15-7-8-20-41(36)48/h2-34H,1H3. The smallest absolute Gasteiger partial charge is 0.161 e. The van der Waals surface area contributed by atoms with E-state index in [2.05, 4.69) is 207 Å². The van der Waals surface area contributed by atoms with E-state index < -0.39 is 0 Å². The number of hydrogen-bond acceptors (Lipinski definition) is 2. The molecule has 11 rings (SSSR count). The molecule has 0 spiro atoms. The minimum atomic E-state index is -0.267. The number of fused-ring (bicyclic) bond motifs is 6. The molecular formula is C54H36N2. The van der Waals surface area contributed by atoms with Crippen LogP contribution in [0.3, 0.4) is 0 Å². The highest BCUT2D eigenvalue weighted by molar-refractivity contribution is 6.05. The van der Waals surface area contributed by atoms with Crippen molar-refractivity contribution in [2.45, 2.75) is 12.3 Å². The van der Waals surface area contributed by atoms with Gasteiger partial charge in [-0.25, -0.2) is 9.97 Å². The number of nitrogens with zero attached hydrogens (tertiary/aromatic N) is 2. The van der Waals surface area contributed by atoms with Crippen molar-refractivity contribution in [2.24, 2.45) is 0 Å². The van der Waals surface area contributed by atoms with Gasteiger partial charge in [0.25, 0.3) is 0 Å². The molecule has 56 heavy (non-hydrogen) atoms. The van der Waals surface area contributed by atoms with Crippen molar-refractivity contribution in [2.75, 3.05) is 0 Å². The lowest BCUT2D eigenvalue weighted by Gasteiger charge is -2.28. The molecule has 1 heterocycles. The van der Waals surface area contributed by atoms with Gasteiger partial charge in [-0.1, -0.05) is 182 Å². The van der Waals surface area contributed by atoms with Crippen LogP contribution in [0.1, 0.15) is 23.6 Å². The SMILES string of the molecule is CC1(c2ccccc2)c2ccccc2-c2ccc(-c3ccc(-c4cc(-c5ccc6ccccc6c5)nc(-c5cccc6ccccc56)n4)c4ccccc34)cc21. The molecule has 2 nitrogen and oxygen atoms in total. The molecule has 0 saturated heterocycles. The Balaban J connectivity index is 1.10. The van der Waals surface area contributed by atoms with Gasteiger partial charge in [0.2, 0.25) is 0 Å². The Labute approximate surface area is 326 Å². The van der Waals surface area contributed by atoms with E-state index in [4.69, 9.17) is 9.97 Å². The molecule has 1 unspecified atom stereocenters. The van der Waals surface area contributed by atoms with Crippen molar-refractivity contribution in [3.8, 4) is 56.2 Å². The summed E-state index contributed by atoms with van der Waals surface area (Å²) in [5, 5.41) is 7.06. The van der Waals surface area contributed by atoms with Crippen LogP contribution in [0.2, 0.25) is 0 Å². The Morgan fingerprint density at radius 2 is 0.929 bits per heavy atom. The first-order valence-electron chi connectivity index (χ1n) is 19.3. The highest BCUT2D eigenvalue weighted by Crippen LogP contribution is 2.53. The maximum Gasteiger partial charge on any atom is 0.161 e. The third kappa shape index (κ3) is 5.03. The van der Waals surface area contributed by atoms with Crippen molar-refractivity contribution < 1.29 is 0 Å². The predicted molar refractivity (Wildman–Crippen MR) is 234 cm³/mol. The van der Waals surface area contributed by atoms with Gasteiger partial charge in [0.05, 0.1) is 11.4 Å². The first kappa shape index (κ1) is 32.3. The molecule has 0 fully saturated rings. The summed E-state index contributed by atoms with van der Waals surface area (Å²) in [5.74, 6) is 0.717. The van der Waals surface area contributed by atoms with E-state index in [9.17, 15) is 0 Å². The molecule has 10 aromatic rings. The van der Waals surface area contributed by atoms with Crippen LogP contribution in [0.25, 0.3) is 88.5 Å². The Morgan fingerprint density at radius 1 is 0.339 bits per heavy atom. The second-order valence-electron chi connectivity index (χ2n) is 15.1. The quantitative estimate of drug-likeness (QED) is 0.178. The molecule has 0 N–H and O–H groups in total. The van der Waals surface area contributed by atoms with E-state index in [1.807, 2.05) is 0 Å². The monoisotopic (exact) mass is 712 g/mol. The third-order valence-electron chi connectivity index (χ3n) is 12.0. The van der Waals surface area contributed by atoms with Gasteiger partial charge in [0.1, 0.15) is 0 Å². The summed E-state index contributed by atoms with van der Waals surface area (Å²) in [7, 11) is 0. The summed E-state index contributed by atoms with van der Waals surface area (Å²) in [4.78, 5) is 10.7. The number of hydrogen-bond donors (Lipinski definition) is 0. The minimum Gasteiger partial charge on any atom is -0.228 e. The van der Waals surface area contributed by atoms with Gasteiger partial charge in [0.15, 0.2) is 5.82 Å². The molecular weight excluding hydrogens is 677 g/mol. The van der Waals surface area contributed by atoms with E-state index in [1.165, 1.54) is 60.5 Å². The second-order valence-corrected chi connectivity index (χ2v) is 15.1. The largest absolute Gasteiger partial charge is 0.228 e. The Bertz CT molecular complexity index is 3160. The van der Waals surface area contributed by atoms with Crippen LogP contribution in [-0.2, 0) is 5.41 Å². The molecule has 0 bridgehead atoms. The van der Waals surface area contributed by atoms with Gasteiger partial charge in [-0.2, -0.15) is 0 Å². The Morgan fingerprint density at radius 3 is 1.79 bits per heavy atom. The van der Waals surface area contributed by atoms with Gasteiger partial charge in [-0.3, -0.25) is 0 Å². The zero-order valence-corrected chi connectivity index (χ0v) is 30.9. The fraction of sp³-hybridized carbons (Fsp3) is 0.0370. The first-order valence-corrected chi connectivity index (χ1v) is 19.3. The van der Waals surface area contributed by atoms with E-state index >= 15 is 0 Å². The second kappa shape index (κ2) is 12.7. The predicted octanol–water partition coefficient (Wildman–Crippen LogP) is 13.9. The molecule has 0 aliphatic heterocycles. The normalized spacial score (nSPS) is 14.6. The summed E-state index contributed by atoms with van der Waals surface area (Å²) in [6, 6.07) is 72.4. The maximum absolute atomic E-state index is 5.38. The van der Waals surface area contributed by atoms with E-state index in [-0.39, 0.29) is 5.41 Å². The van der Waals surface area contributed by atoms with Crippen molar-refractivity contribution in [1.29, 1.82) is 0 Å². The van der Waals surface area contributed by atoms with E-state index in [0.717, 1.165) is 38.9 Å². The number of rotatable bonds is 5. The topological polar surface area (TPSA) is 25.8 Å². The van der Waals surface area contributed by atoms with Crippen molar-refractivity contribution in [3.05, 3.63) is 217 Å². The molecule has 1 aromatic heterocycles. The van der Waals surface area contributed by atoms with E-state index in [1.54, 1.807) is 0 Å². The van der Waals surface area contributed by atoms with Crippen LogP contribution in [0.4, 0.5) is 0 Å². The summed E-state index contributed by atoms with van der Waals surface area (Å²) in [5.41, 5.74) is 13.7. The molecule has 0 amide bonds. The van der Waals surface area contributed by atoms with Gasteiger partial charge in [-0.15, -0.1) is 0 Å². The third-order valence-corrected chi connectivity index (χ3v) is 12.0. The average molecular weight is 713 g/mol. The fourth-order valence-electron chi connectivity index (χ4n) is 9.14. The molecule has 0 radical (unpaired) electrons. The van der Waals surface area contributed by atoms with Crippen LogP contribution in [0.5, 0.6) is 0 Å². The van der Waals surface area contributed by atoms with Crippen LogP contribution in [-0.4, -0.2) is 9.97 Å². The van der Waals surface area contributed by atoms with Crippen molar-refractivity contribution >= 4 is 32.3 Å². The van der Waals surface area contributed by atoms with Gasteiger partial charge >= 0.3 is 0 Å². The number of aromatic nitrogens is 2. The summed E-state index contributed by atoms with van der Waals surface area (Å²) in [6.07, 6.45) is 0. The lowest BCUT2D eigenvalue weighted by Crippen LogP contribution is -2.22. The minimum absolute atomic E-state index is 0.267. The lowest BCUT2D eigenvalue weighted by atomic mass is 9.74. The maximum atomic E-state index is 5.38. The molecule has 1 atom stereocenters. The van der Waals surface area contributed by atoms with Crippen LogP contribution < -0.4 is 0 Å². The summed E-state index contributed by atoms with van der Waals surface area (Å²) in [6.45, 7) is 2.38. The highest BCUT2D eigenvalue weighted by atomic mass is 14.9. The zero-order chi connectivity index (χ0) is 37.2. The first-order chi connectivity index (χ1) is 27.6. The molecule has 2 heteroatoms. The molecule has 9 aromatic carbocycles. The lowest BCUT2D eigenvalue weighted by molar-refractivity contribution is 0.714. The fourth-order valence-corrected chi connectivity index (χ4v) is 9.14. The van der Waals surface area contributed by atoms with Gasteiger partial charge in [-0.05, 0) is 96.4 Å². The van der Waals surface area contributed by atoms with Crippen LogP contribution in [0, 0.1) is 0 Å². The Kier molecular flexibility index (Phi) is 7.33. The molecule has 262 valence electrons. The highest BCUT2D eigenvalue weighted by Gasteiger charge is 2.40. The van der Waals surface area contributed by atoms with E-state index in [0.29, 0.717) is 5.82 Å². The van der Waals surface area contributed by atoms with Gasteiger partial charge < -0.3 is 0 Å². The molecule has 1 aliphatic carbocycles. The summed E-state index contributed by atoms with van der Waals surface area (Å²) < 4.78 is 0. The van der Waals surface area contributed by atoms with Crippen molar-refractivity contribution in [1.82, 2.24) is 9.97 Å². The zero-order valence-electron chi connectivity index (χ0n) is 30.9. The summed E-state index contributed by atoms with van der Waals surface area (Å²) >= 11 is 0. The molecule has 1 aliphatic rings. The molecule has 0 saturated carbocycles. The van der Waals surface area contributed by atoms with Crippen LogP contribution >= 0.6 is 0 Å². The number of benzene rings is 9. The Hall–Kier alpha value is -7.16. The van der Waals surface area contributed by atoms with Crippen LogP contribution in [0.15, 0.2) is 200 Å². The average Bonchev–Trinajstić information content (AvgIpc) is 3.53.